The Balaban J connectivity index is 1.37. The number of nitrogens with one attached hydrogen (secondary N) is 4. The Bertz CT molecular complexity index is 2790. The van der Waals surface area contributed by atoms with Gasteiger partial charge in [-0.05, 0) is 82.9 Å². The van der Waals surface area contributed by atoms with E-state index in [9.17, 15) is 0 Å². The summed E-state index contributed by atoms with van der Waals surface area (Å²) in [7, 11) is 0. The number of benzene rings is 4. The van der Waals surface area contributed by atoms with Crippen LogP contribution in [0.3, 0.4) is 0 Å². The lowest BCUT2D eigenvalue weighted by Gasteiger charge is -2.33. The molecule has 0 spiro atoms. The van der Waals surface area contributed by atoms with Crippen molar-refractivity contribution in [1.82, 2.24) is 19.9 Å². The van der Waals surface area contributed by atoms with Crippen LogP contribution in [0.15, 0.2) is 199 Å². The Morgan fingerprint density at radius 2 is 0.925 bits per heavy atom. The number of H-pyrrole nitrogens is 4. The second-order valence-electron chi connectivity index (χ2n) is 13.5. The highest BCUT2D eigenvalue weighted by molar-refractivity contribution is 6.30. The van der Waals surface area contributed by atoms with Gasteiger partial charge >= 0.3 is 0 Å². The Morgan fingerprint density at radius 3 is 1.51 bits per heavy atom. The summed E-state index contributed by atoms with van der Waals surface area (Å²) in [6, 6.07) is 60.0. The van der Waals surface area contributed by atoms with Crippen LogP contribution in [-0.4, -0.2) is 25.6 Å². The van der Waals surface area contributed by atoms with Crippen molar-refractivity contribution in [2.24, 2.45) is 4.99 Å². The number of aromatic nitrogens is 4. The molecule has 4 aromatic carbocycles. The molecule has 6 heterocycles. The maximum Gasteiger partial charge on any atom is 0.115 e. The number of aliphatic imine (C=N–C) groups is 1. The number of allylic oxidation sites excluding steroid dienone is 2. The van der Waals surface area contributed by atoms with E-state index in [2.05, 4.69) is 202 Å². The van der Waals surface area contributed by atoms with Crippen LogP contribution in [0, 0.1) is 0 Å². The molecular weight excluding hydrogens is 647 g/mol. The number of aromatic amines is 4. The monoisotopic (exact) mass is 681 g/mol. The first-order valence-corrected chi connectivity index (χ1v) is 18.0. The summed E-state index contributed by atoms with van der Waals surface area (Å²) < 4.78 is 0. The quantitative estimate of drug-likeness (QED) is 0.141. The SMILES string of the molecule is C1=C/C2=C(\c3ccccc3)c3ccc([nH]3)C(c3ccccc3)(c3ccc[nH]3)c3ccc([nH]3)/C(c3ccccc3)=c3/cc/c([nH]3)=C(\c3ccccc3)C1=N2. The Hall–Kier alpha value is -7.11. The van der Waals surface area contributed by atoms with Crippen molar-refractivity contribution in [1.29, 1.82) is 0 Å². The fraction of sp³-hybridized carbons (Fsp3) is 0.0208. The van der Waals surface area contributed by atoms with Crippen molar-refractivity contribution in [3.63, 3.8) is 0 Å². The summed E-state index contributed by atoms with van der Waals surface area (Å²) >= 11 is 0. The molecule has 0 radical (unpaired) electrons. The lowest BCUT2D eigenvalue weighted by molar-refractivity contribution is 0.677. The van der Waals surface area contributed by atoms with Gasteiger partial charge in [0, 0.05) is 62.1 Å². The molecule has 5 heteroatoms. The molecule has 0 saturated heterocycles. The minimum absolute atomic E-state index is 0.734. The van der Waals surface area contributed by atoms with E-state index in [1.165, 1.54) is 0 Å². The fourth-order valence-corrected chi connectivity index (χ4v) is 8.15. The van der Waals surface area contributed by atoms with E-state index in [0.717, 1.165) is 89.5 Å². The zero-order chi connectivity index (χ0) is 35.2. The van der Waals surface area contributed by atoms with Gasteiger partial charge in [0.05, 0.1) is 11.4 Å². The van der Waals surface area contributed by atoms with Crippen molar-refractivity contribution in [3.8, 4) is 0 Å². The lowest BCUT2D eigenvalue weighted by atomic mass is 9.72. The fourth-order valence-electron chi connectivity index (χ4n) is 8.15. The number of fused-ring (bicyclic) bond motifs is 7. The van der Waals surface area contributed by atoms with E-state index in [4.69, 9.17) is 4.99 Å². The molecule has 1 atom stereocenters. The molecule has 4 N–H and O–H groups in total. The standard InChI is InChI=1S/C48H35N5/c1-5-14-32(15-6-1)45-36-23-25-38(50-36)46(33-16-7-2-8-17-33)40-27-29-43(52-40)48(42-22-13-31-49-42,35-20-11-4-12-21-35)44-30-28-41(53-44)47(34-18-9-3-10-19-34)39-26-24-37(45)51-39/h1-31,49-50,52-53H/b45-36-,46-38-,47-39-. The normalized spacial score (nSPS) is 20.0. The summed E-state index contributed by atoms with van der Waals surface area (Å²) in [5.74, 6) is 0. The minimum Gasteiger partial charge on any atom is -0.364 e. The summed E-state index contributed by atoms with van der Waals surface area (Å²) in [5.41, 5.74) is 13.8. The topological polar surface area (TPSA) is 75.5 Å². The molecule has 2 aliphatic heterocycles. The molecule has 0 saturated carbocycles. The van der Waals surface area contributed by atoms with Gasteiger partial charge in [-0.2, -0.15) is 0 Å². The third kappa shape index (κ3) is 5.05. The van der Waals surface area contributed by atoms with E-state index in [1.54, 1.807) is 0 Å². The van der Waals surface area contributed by atoms with Crippen molar-refractivity contribution in [2.45, 2.75) is 5.41 Å². The Morgan fingerprint density at radius 1 is 0.396 bits per heavy atom. The highest BCUT2D eigenvalue weighted by atomic mass is 14.9. The molecule has 8 bridgehead atoms. The van der Waals surface area contributed by atoms with Crippen LogP contribution < -0.4 is 10.7 Å². The Labute approximate surface area is 307 Å². The molecule has 0 fully saturated rings. The third-order valence-electron chi connectivity index (χ3n) is 10.5. The molecular formula is C48H35N5. The first-order chi connectivity index (χ1) is 26.3. The predicted octanol–water partition coefficient (Wildman–Crippen LogP) is 8.61. The third-order valence-corrected chi connectivity index (χ3v) is 10.5. The number of hydrogen-bond acceptors (Lipinski definition) is 1. The van der Waals surface area contributed by atoms with E-state index >= 15 is 0 Å². The van der Waals surface area contributed by atoms with Crippen LogP contribution in [0.25, 0.3) is 16.7 Å². The second-order valence-corrected chi connectivity index (χ2v) is 13.5. The lowest BCUT2D eigenvalue weighted by Crippen LogP contribution is -2.32. The van der Waals surface area contributed by atoms with Crippen molar-refractivity contribution < 1.29 is 0 Å². The highest BCUT2D eigenvalue weighted by Crippen LogP contribution is 2.45. The minimum atomic E-state index is -0.734. The molecule has 5 nitrogen and oxygen atoms in total. The van der Waals surface area contributed by atoms with Gasteiger partial charge in [0.1, 0.15) is 5.41 Å². The van der Waals surface area contributed by atoms with E-state index < -0.39 is 5.41 Å². The summed E-state index contributed by atoms with van der Waals surface area (Å²) in [4.78, 5) is 20.9. The van der Waals surface area contributed by atoms with Crippen molar-refractivity contribution in [2.75, 3.05) is 0 Å². The summed E-state index contributed by atoms with van der Waals surface area (Å²) in [5, 5.41) is 2.01. The molecule has 8 aromatic rings. The number of nitrogens with zero attached hydrogens (tertiary/aromatic N) is 1. The van der Waals surface area contributed by atoms with Crippen LogP contribution in [0.4, 0.5) is 0 Å². The van der Waals surface area contributed by atoms with Gasteiger partial charge in [0.25, 0.3) is 0 Å². The Kier molecular flexibility index (Phi) is 7.29. The molecule has 10 rings (SSSR count). The first-order valence-electron chi connectivity index (χ1n) is 18.0. The van der Waals surface area contributed by atoms with E-state index in [1.807, 2.05) is 6.20 Å². The van der Waals surface area contributed by atoms with Crippen LogP contribution in [0.1, 0.15) is 50.7 Å². The molecule has 4 aromatic heterocycles. The first kappa shape index (κ1) is 30.7. The van der Waals surface area contributed by atoms with Crippen molar-refractivity contribution >= 4 is 22.4 Å². The zero-order valence-corrected chi connectivity index (χ0v) is 28.8. The van der Waals surface area contributed by atoms with Crippen LogP contribution in [-0.2, 0) is 5.41 Å². The summed E-state index contributed by atoms with van der Waals surface area (Å²) in [6.07, 6.45) is 6.30. The molecule has 0 aliphatic carbocycles. The largest absolute Gasteiger partial charge is 0.364 e. The molecule has 2 aliphatic rings. The van der Waals surface area contributed by atoms with E-state index in [0.29, 0.717) is 0 Å². The smallest absolute Gasteiger partial charge is 0.115 e. The number of hydrogen-bond donors (Lipinski definition) is 4. The molecule has 53 heavy (non-hydrogen) atoms. The maximum atomic E-state index is 5.42. The van der Waals surface area contributed by atoms with Gasteiger partial charge in [-0.25, -0.2) is 4.99 Å². The molecule has 0 amide bonds. The van der Waals surface area contributed by atoms with Gasteiger partial charge < -0.3 is 19.9 Å². The highest BCUT2D eigenvalue weighted by Gasteiger charge is 2.42. The average molecular weight is 682 g/mol. The van der Waals surface area contributed by atoms with Gasteiger partial charge in [-0.3, -0.25) is 0 Å². The maximum absolute atomic E-state index is 5.42. The summed E-state index contributed by atoms with van der Waals surface area (Å²) in [6.45, 7) is 0. The number of rotatable bonds is 5. The van der Waals surface area contributed by atoms with Crippen LogP contribution >= 0.6 is 0 Å². The van der Waals surface area contributed by atoms with Crippen LogP contribution in [0.2, 0.25) is 0 Å². The zero-order valence-electron chi connectivity index (χ0n) is 28.8. The van der Waals surface area contributed by atoms with Gasteiger partial charge in [0.2, 0.25) is 0 Å². The predicted molar refractivity (Wildman–Crippen MR) is 214 cm³/mol. The molecule has 1 unspecified atom stereocenters. The molecule has 252 valence electrons. The van der Waals surface area contributed by atoms with Gasteiger partial charge in [-0.1, -0.05) is 121 Å². The van der Waals surface area contributed by atoms with Gasteiger partial charge in [0.15, 0.2) is 0 Å². The van der Waals surface area contributed by atoms with Crippen molar-refractivity contribution in [3.05, 3.63) is 255 Å². The van der Waals surface area contributed by atoms with E-state index in [-0.39, 0.29) is 0 Å². The average Bonchev–Trinajstić information content (AvgIpc) is 4.07. The van der Waals surface area contributed by atoms with Crippen LogP contribution in [0.5, 0.6) is 0 Å². The second kappa shape index (κ2) is 12.6. The van der Waals surface area contributed by atoms with Gasteiger partial charge in [-0.15, -0.1) is 0 Å².